The Morgan fingerprint density at radius 1 is 1.06 bits per heavy atom. The molecule has 7 heteroatoms. The SMILES string of the molecule is CC[C@@H](C)NC(=O)[C@H](NC(=O)c1ccccc1C)C1CCN(C(=O)c2cccc(OC)c2)CC1. The second-order valence-electron chi connectivity index (χ2n) is 8.95. The molecule has 0 bridgehead atoms. The van der Waals surface area contributed by atoms with Gasteiger partial charge in [0, 0.05) is 30.3 Å². The highest BCUT2D eigenvalue weighted by Gasteiger charge is 2.34. The molecule has 34 heavy (non-hydrogen) atoms. The first-order valence-corrected chi connectivity index (χ1v) is 11.9. The van der Waals surface area contributed by atoms with Crippen LogP contribution in [0.4, 0.5) is 0 Å². The smallest absolute Gasteiger partial charge is 0.253 e. The molecule has 0 aliphatic carbocycles. The van der Waals surface area contributed by atoms with Gasteiger partial charge in [-0.25, -0.2) is 0 Å². The van der Waals surface area contributed by atoms with Gasteiger partial charge in [0.1, 0.15) is 11.8 Å². The number of nitrogens with one attached hydrogen (secondary N) is 2. The molecule has 2 N–H and O–H groups in total. The van der Waals surface area contributed by atoms with Crippen LogP contribution < -0.4 is 15.4 Å². The third kappa shape index (κ3) is 6.16. The number of carbonyl (C=O) groups excluding carboxylic acids is 3. The largest absolute Gasteiger partial charge is 0.497 e. The van der Waals surface area contributed by atoms with E-state index in [-0.39, 0.29) is 29.7 Å². The fourth-order valence-electron chi connectivity index (χ4n) is 4.25. The number of ether oxygens (including phenoxy) is 1. The van der Waals surface area contributed by atoms with Crippen LogP contribution in [0.1, 0.15) is 59.4 Å². The minimum Gasteiger partial charge on any atom is -0.497 e. The fourth-order valence-corrected chi connectivity index (χ4v) is 4.25. The summed E-state index contributed by atoms with van der Waals surface area (Å²) in [6, 6.07) is 13.8. The van der Waals surface area contributed by atoms with Gasteiger partial charge in [0.25, 0.3) is 11.8 Å². The summed E-state index contributed by atoms with van der Waals surface area (Å²) in [5.41, 5.74) is 2.01. The molecule has 1 aliphatic rings. The molecule has 1 aliphatic heterocycles. The van der Waals surface area contributed by atoms with Crippen LogP contribution in [0, 0.1) is 12.8 Å². The topological polar surface area (TPSA) is 87.7 Å². The first-order chi connectivity index (χ1) is 16.3. The third-order valence-corrected chi connectivity index (χ3v) is 6.57. The van der Waals surface area contributed by atoms with Gasteiger partial charge in [-0.05, 0) is 68.9 Å². The zero-order valence-corrected chi connectivity index (χ0v) is 20.5. The molecule has 1 saturated heterocycles. The van der Waals surface area contributed by atoms with Gasteiger partial charge < -0.3 is 20.3 Å². The lowest BCUT2D eigenvalue weighted by molar-refractivity contribution is -0.125. The number of rotatable bonds is 8. The first kappa shape index (κ1) is 25.3. The van der Waals surface area contributed by atoms with E-state index in [4.69, 9.17) is 4.74 Å². The number of amides is 3. The van der Waals surface area contributed by atoms with E-state index >= 15 is 0 Å². The van der Waals surface area contributed by atoms with E-state index in [1.165, 1.54) is 0 Å². The molecule has 1 fully saturated rings. The highest BCUT2D eigenvalue weighted by molar-refractivity contribution is 5.99. The lowest BCUT2D eigenvalue weighted by Crippen LogP contribution is -2.55. The van der Waals surface area contributed by atoms with Crippen molar-refractivity contribution in [2.45, 2.75) is 52.1 Å². The van der Waals surface area contributed by atoms with Crippen molar-refractivity contribution >= 4 is 17.7 Å². The minimum atomic E-state index is -0.657. The van der Waals surface area contributed by atoms with E-state index in [0.717, 1.165) is 12.0 Å². The van der Waals surface area contributed by atoms with Crippen molar-refractivity contribution in [1.82, 2.24) is 15.5 Å². The number of hydrogen-bond acceptors (Lipinski definition) is 4. The summed E-state index contributed by atoms with van der Waals surface area (Å²) >= 11 is 0. The summed E-state index contributed by atoms with van der Waals surface area (Å²) in [5.74, 6) is 0.0980. The Labute approximate surface area is 201 Å². The number of likely N-dealkylation sites (tertiary alicyclic amines) is 1. The van der Waals surface area contributed by atoms with E-state index in [0.29, 0.717) is 42.8 Å². The summed E-state index contributed by atoms with van der Waals surface area (Å²) in [6.45, 7) is 6.88. The quantitative estimate of drug-likeness (QED) is 0.624. The van der Waals surface area contributed by atoms with Crippen LogP contribution in [-0.4, -0.2) is 54.9 Å². The maximum absolute atomic E-state index is 13.2. The minimum absolute atomic E-state index is 0.0140. The van der Waals surface area contributed by atoms with Gasteiger partial charge in [-0.1, -0.05) is 31.2 Å². The van der Waals surface area contributed by atoms with E-state index in [1.54, 1.807) is 42.3 Å². The number of hydrogen-bond donors (Lipinski definition) is 2. The lowest BCUT2D eigenvalue weighted by Gasteiger charge is -2.36. The Morgan fingerprint density at radius 2 is 1.76 bits per heavy atom. The van der Waals surface area contributed by atoms with Crippen LogP contribution in [0.5, 0.6) is 5.75 Å². The van der Waals surface area contributed by atoms with Crippen molar-refractivity contribution < 1.29 is 19.1 Å². The molecule has 0 saturated carbocycles. The number of carbonyl (C=O) groups is 3. The van der Waals surface area contributed by atoms with Gasteiger partial charge in [0.15, 0.2) is 0 Å². The number of piperidine rings is 1. The average Bonchev–Trinajstić information content (AvgIpc) is 2.87. The molecule has 0 spiro atoms. The van der Waals surface area contributed by atoms with Gasteiger partial charge in [-0.2, -0.15) is 0 Å². The molecule has 7 nitrogen and oxygen atoms in total. The van der Waals surface area contributed by atoms with Crippen LogP contribution in [-0.2, 0) is 4.79 Å². The van der Waals surface area contributed by atoms with Crippen molar-refractivity contribution in [2.75, 3.05) is 20.2 Å². The highest BCUT2D eigenvalue weighted by Crippen LogP contribution is 2.24. The van der Waals surface area contributed by atoms with Gasteiger partial charge >= 0.3 is 0 Å². The summed E-state index contributed by atoms with van der Waals surface area (Å²) < 4.78 is 5.23. The highest BCUT2D eigenvalue weighted by atomic mass is 16.5. The Morgan fingerprint density at radius 3 is 2.41 bits per heavy atom. The molecule has 2 atom stereocenters. The molecular formula is C27H35N3O4. The molecule has 3 amide bonds. The molecule has 0 aromatic heterocycles. The van der Waals surface area contributed by atoms with E-state index in [1.807, 2.05) is 39.0 Å². The van der Waals surface area contributed by atoms with Crippen molar-refractivity contribution in [2.24, 2.45) is 5.92 Å². The molecule has 2 aromatic rings. The Balaban J connectivity index is 1.71. The van der Waals surface area contributed by atoms with Crippen molar-refractivity contribution in [3.05, 3.63) is 65.2 Å². The molecule has 1 heterocycles. The summed E-state index contributed by atoms with van der Waals surface area (Å²) in [4.78, 5) is 41.0. The van der Waals surface area contributed by atoms with Crippen LogP contribution in [0.15, 0.2) is 48.5 Å². The Hall–Kier alpha value is -3.35. The molecule has 182 valence electrons. The normalized spacial score (nSPS) is 15.8. The number of nitrogens with zero attached hydrogens (tertiary/aromatic N) is 1. The maximum Gasteiger partial charge on any atom is 0.253 e. The van der Waals surface area contributed by atoms with Crippen molar-refractivity contribution in [3.63, 3.8) is 0 Å². The molecule has 3 rings (SSSR count). The van der Waals surface area contributed by atoms with Crippen LogP contribution in [0.25, 0.3) is 0 Å². The van der Waals surface area contributed by atoms with Crippen LogP contribution in [0.3, 0.4) is 0 Å². The van der Waals surface area contributed by atoms with E-state index < -0.39 is 6.04 Å². The van der Waals surface area contributed by atoms with Crippen LogP contribution in [0.2, 0.25) is 0 Å². The summed E-state index contributed by atoms with van der Waals surface area (Å²) in [7, 11) is 1.57. The van der Waals surface area contributed by atoms with Crippen LogP contribution >= 0.6 is 0 Å². The zero-order valence-electron chi connectivity index (χ0n) is 20.5. The summed E-state index contributed by atoms with van der Waals surface area (Å²) in [5, 5.41) is 6.02. The predicted molar refractivity (Wildman–Crippen MR) is 132 cm³/mol. The van der Waals surface area contributed by atoms with Gasteiger partial charge in [-0.3, -0.25) is 14.4 Å². The third-order valence-electron chi connectivity index (χ3n) is 6.57. The molecule has 0 unspecified atom stereocenters. The van der Waals surface area contributed by atoms with Gasteiger partial charge in [-0.15, -0.1) is 0 Å². The molecule has 2 aromatic carbocycles. The van der Waals surface area contributed by atoms with Gasteiger partial charge in [0.2, 0.25) is 5.91 Å². The van der Waals surface area contributed by atoms with E-state index in [9.17, 15) is 14.4 Å². The number of benzene rings is 2. The molecule has 0 radical (unpaired) electrons. The number of aryl methyl sites for hydroxylation is 1. The van der Waals surface area contributed by atoms with Gasteiger partial charge in [0.05, 0.1) is 7.11 Å². The van der Waals surface area contributed by atoms with Crippen molar-refractivity contribution in [1.29, 1.82) is 0 Å². The second-order valence-corrected chi connectivity index (χ2v) is 8.95. The lowest BCUT2D eigenvalue weighted by atomic mass is 9.88. The second kappa shape index (κ2) is 11.7. The fraction of sp³-hybridized carbons (Fsp3) is 0.444. The standard InChI is InChI=1S/C27H35N3O4/c1-5-19(3)28-26(32)24(29-25(31)23-12-7-6-9-18(23)2)20-13-15-30(16-14-20)27(33)21-10-8-11-22(17-21)34-4/h6-12,17,19-20,24H,5,13-16H2,1-4H3,(H,28,32)(H,29,31)/t19-,24-/m1/s1. The van der Waals surface area contributed by atoms with E-state index in [2.05, 4.69) is 10.6 Å². The zero-order chi connectivity index (χ0) is 24.7. The Bertz CT molecular complexity index is 1010. The average molecular weight is 466 g/mol. The predicted octanol–water partition coefficient (Wildman–Crippen LogP) is 3.57. The Kier molecular flexibility index (Phi) is 8.68. The van der Waals surface area contributed by atoms with Crippen molar-refractivity contribution in [3.8, 4) is 5.75 Å². The first-order valence-electron chi connectivity index (χ1n) is 11.9. The molecular weight excluding hydrogens is 430 g/mol. The monoisotopic (exact) mass is 465 g/mol. The number of methoxy groups -OCH3 is 1. The maximum atomic E-state index is 13.2. The summed E-state index contributed by atoms with van der Waals surface area (Å²) in [6.07, 6.45) is 2.06.